The topological polar surface area (TPSA) is 44.7 Å². The number of hydrogen-bond acceptors (Lipinski definition) is 3. The van der Waals surface area contributed by atoms with E-state index in [1.807, 2.05) is 11.0 Å². The van der Waals surface area contributed by atoms with Crippen LogP contribution in [0.4, 0.5) is 5.69 Å². The molecule has 0 atom stereocenters. The van der Waals surface area contributed by atoms with Crippen LogP contribution >= 0.6 is 0 Å². The first-order valence-electron chi connectivity index (χ1n) is 5.38. The SMILES string of the molecule is Cc1ccc2c(c1C)CN1CC(=O)NC1=N2. The molecule has 1 fully saturated rings. The van der Waals surface area contributed by atoms with E-state index < -0.39 is 0 Å². The van der Waals surface area contributed by atoms with Gasteiger partial charge in [-0.2, -0.15) is 0 Å². The number of nitrogens with one attached hydrogen (secondary N) is 1. The van der Waals surface area contributed by atoms with Gasteiger partial charge in [-0.25, -0.2) is 4.99 Å². The van der Waals surface area contributed by atoms with Crippen molar-refractivity contribution >= 4 is 17.6 Å². The molecule has 16 heavy (non-hydrogen) atoms. The van der Waals surface area contributed by atoms with Gasteiger partial charge in [0, 0.05) is 12.1 Å². The summed E-state index contributed by atoms with van der Waals surface area (Å²) in [6, 6.07) is 4.09. The minimum atomic E-state index is 0.0286. The van der Waals surface area contributed by atoms with Crippen molar-refractivity contribution in [3.63, 3.8) is 0 Å². The summed E-state index contributed by atoms with van der Waals surface area (Å²) < 4.78 is 0. The van der Waals surface area contributed by atoms with Crippen molar-refractivity contribution in [2.75, 3.05) is 6.54 Å². The van der Waals surface area contributed by atoms with Crippen LogP contribution in [0.2, 0.25) is 0 Å². The maximum absolute atomic E-state index is 11.3. The van der Waals surface area contributed by atoms with Crippen LogP contribution in [0.15, 0.2) is 17.1 Å². The zero-order valence-corrected chi connectivity index (χ0v) is 9.37. The van der Waals surface area contributed by atoms with Crippen LogP contribution in [0, 0.1) is 13.8 Å². The van der Waals surface area contributed by atoms with E-state index in [2.05, 4.69) is 30.2 Å². The van der Waals surface area contributed by atoms with Crippen molar-refractivity contribution in [1.82, 2.24) is 10.2 Å². The van der Waals surface area contributed by atoms with Crippen LogP contribution in [0.1, 0.15) is 16.7 Å². The Hall–Kier alpha value is -1.84. The lowest BCUT2D eigenvalue weighted by Gasteiger charge is -2.24. The van der Waals surface area contributed by atoms with Crippen molar-refractivity contribution in [1.29, 1.82) is 0 Å². The molecule has 0 saturated carbocycles. The number of aryl methyl sites for hydroxylation is 1. The highest BCUT2D eigenvalue weighted by Gasteiger charge is 2.29. The highest BCUT2D eigenvalue weighted by Crippen LogP contribution is 2.30. The summed E-state index contributed by atoms with van der Waals surface area (Å²) in [4.78, 5) is 17.7. The summed E-state index contributed by atoms with van der Waals surface area (Å²) in [5, 5.41) is 2.77. The van der Waals surface area contributed by atoms with E-state index in [9.17, 15) is 4.79 Å². The van der Waals surface area contributed by atoms with Crippen LogP contribution in [-0.4, -0.2) is 23.3 Å². The number of benzene rings is 1. The molecule has 0 spiro atoms. The van der Waals surface area contributed by atoms with Gasteiger partial charge in [0.2, 0.25) is 11.9 Å². The van der Waals surface area contributed by atoms with Gasteiger partial charge in [0.05, 0.1) is 5.69 Å². The Balaban J connectivity index is 2.12. The molecule has 1 aromatic rings. The number of fused-ring (bicyclic) bond motifs is 2. The molecule has 82 valence electrons. The first-order valence-corrected chi connectivity index (χ1v) is 5.38. The Labute approximate surface area is 94.0 Å². The summed E-state index contributed by atoms with van der Waals surface area (Å²) in [6.45, 7) is 5.41. The van der Waals surface area contributed by atoms with Gasteiger partial charge in [-0.3, -0.25) is 10.1 Å². The second-order valence-corrected chi connectivity index (χ2v) is 4.34. The van der Waals surface area contributed by atoms with Crippen LogP contribution in [0.5, 0.6) is 0 Å². The number of nitrogens with zero attached hydrogens (tertiary/aromatic N) is 2. The minimum absolute atomic E-state index is 0.0286. The van der Waals surface area contributed by atoms with Crippen molar-refractivity contribution < 1.29 is 4.79 Å². The zero-order chi connectivity index (χ0) is 11.3. The molecule has 4 heteroatoms. The maximum atomic E-state index is 11.3. The average molecular weight is 215 g/mol. The van der Waals surface area contributed by atoms with Crippen LogP contribution in [0.25, 0.3) is 0 Å². The molecule has 2 heterocycles. The zero-order valence-electron chi connectivity index (χ0n) is 9.37. The summed E-state index contributed by atoms with van der Waals surface area (Å²) in [7, 11) is 0. The Morgan fingerprint density at radius 2 is 2.12 bits per heavy atom. The van der Waals surface area contributed by atoms with Crippen molar-refractivity contribution in [2.45, 2.75) is 20.4 Å². The quantitative estimate of drug-likeness (QED) is 0.707. The Morgan fingerprint density at radius 1 is 1.31 bits per heavy atom. The predicted molar refractivity (Wildman–Crippen MR) is 61.6 cm³/mol. The molecule has 1 amide bonds. The summed E-state index contributed by atoms with van der Waals surface area (Å²) >= 11 is 0. The van der Waals surface area contributed by atoms with Gasteiger partial charge in [-0.15, -0.1) is 0 Å². The number of rotatable bonds is 0. The van der Waals surface area contributed by atoms with Crippen molar-refractivity contribution in [3.8, 4) is 0 Å². The molecule has 0 aliphatic carbocycles. The molecular weight excluding hydrogens is 202 g/mol. The van der Waals surface area contributed by atoms with Gasteiger partial charge in [0.25, 0.3) is 0 Å². The predicted octanol–water partition coefficient (Wildman–Crippen LogP) is 1.24. The molecule has 1 aromatic carbocycles. The molecule has 0 bridgehead atoms. The monoisotopic (exact) mass is 215 g/mol. The number of carbonyl (C=O) groups excluding carboxylic acids is 1. The standard InChI is InChI=1S/C12H13N3O/c1-7-3-4-10-9(8(7)2)5-15-6-11(16)14-12(15)13-10/h3-4H,5-6H2,1-2H3,(H,13,14,16). The fourth-order valence-electron chi connectivity index (χ4n) is 2.19. The van der Waals surface area contributed by atoms with E-state index in [0.717, 1.165) is 12.2 Å². The van der Waals surface area contributed by atoms with E-state index in [-0.39, 0.29) is 5.91 Å². The molecule has 0 unspecified atom stereocenters. The molecule has 1 saturated heterocycles. The second kappa shape index (κ2) is 3.07. The number of carbonyl (C=O) groups is 1. The lowest BCUT2D eigenvalue weighted by atomic mass is 10.0. The molecule has 0 radical (unpaired) electrons. The number of amides is 1. The lowest BCUT2D eigenvalue weighted by Crippen LogP contribution is -2.32. The molecule has 3 rings (SSSR count). The van der Waals surface area contributed by atoms with E-state index >= 15 is 0 Å². The van der Waals surface area contributed by atoms with Crippen molar-refractivity contribution in [3.05, 3.63) is 28.8 Å². The third-order valence-electron chi connectivity index (χ3n) is 3.31. The third kappa shape index (κ3) is 1.23. The first kappa shape index (κ1) is 9.39. The van der Waals surface area contributed by atoms with Crippen LogP contribution in [0.3, 0.4) is 0 Å². The van der Waals surface area contributed by atoms with Crippen molar-refractivity contribution in [2.24, 2.45) is 4.99 Å². The lowest BCUT2D eigenvalue weighted by molar-refractivity contribution is -0.118. The fourth-order valence-corrected chi connectivity index (χ4v) is 2.19. The highest BCUT2D eigenvalue weighted by molar-refractivity contribution is 6.05. The number of hydrogen-bond donors (Lipinski definition) is 1. The normalized spacial score (nSPS) is 17.8. The molecule has 4 nitrogen and oxygen atoms in total. The molecular formula is C12H13N3O. The third-order valence-corrected chi connectivity index (χ3v) is 3.31. The van der Waals surface area contributed by atoms with Crippen LogP contribution in [-0.2, 0) is 11.3 Å². The second-order valence-electron chi connectivity index (χ2n) is 4.34. The largest absolute Gasteiger partial charge is 0.329 e. The summed E-state index contributed by atoms with van der Waals surface area (Å²) in [5.41, 5.74) is 4.77. The maximum Gasteiger partial charge on any atom is 0.246 e. The summed E-state index contributed by atoms with van der Waals surface area (Å²) in [6.07, 6.45) is 0. The van der Waals surface area contributed by atoms with Gasteiger partial charge in [-0.1, -0.05) is 6.07 Å². The molecule has 0 aromatic heterocycles. The molecule has 2 aliphatic heterocycles. The molecule has 2 aliphatic rings. The van der Waals surface area contributed by atoms with Crippen LogP contribution < -0.4 is 5.32 Å². The van der Waals surface area contributed by atoms with Gasteiger partial charge in [-0.05, 0) is 31.0 Å². The Bertz CT molecular complexity index is 519. The molecule has 1 N–H and O–H groups in total. The minimum Gasteiger partial charge on any atom is -0.329 e. The van der Waals surface area contributed by atoms with E-state index in [0.29, 0.717) is 12.5 Å². The fraction of sp³-hybridized carbons (Fsp3) is 0.333. The Morgan fingerprint density at radius 3 is 2.94 bits per heavy atom. The van der Waals surface area contributed by atoms with Gasteiger partial charge >= 0.3 is 0 Å². The summed E-state index contributed by atoms with van der Waals surface area (Å²) in [5.74, 6) is 0.724. The number of guanidine groups is 1. The first-order chi connectivity index (χ1) is 7.65. The van der Waals surface area contributed by atoms with E-state index in [1.165, 1.54) is 16.7 Å². The van der Waals surface area contributed by atoms with E-state index in [4.69, 9.17) is 0 Å². The van der Waals surface area contributed by atoms with Gasteiger partial charge < -0.3 is 4.90 Å². The van der Waals surface area contributed by atoms with Gasteiger partial charge in [0.1, 0.15) is 6.54 Å². The van der Waals surface area contributed by atoms with Gasteiger partial charge in [0.15, 0.2) is 0 Å². The Kier molecular flexibility index (Phi) is 1.80. The van der Waals surface area contributed by atoms with E-state index in [1.54, 1.807) is 0 Å². The average Bonchev–Trinajstić information content (AvgIpc) is 2.61. The highest BCUT2D eigenvalue weighted by atomic mass is 16.2. The smallest absolute Gasteiger partial charge is 0.246 e. The number of aliphatic imine (C=N–C) groups is 1.